The molecule has 2 rings (SSSR count). The van der Waals surface area contributed by atoms with Crippen molar-refractivity contribution in [3.8, 4) is 0 Å². The SMILES string of the molecule is OCC1O[C@H](OC2[C@H](O)C(CO)O[C@H](O)[C@@H]2O)[C@H](O)C(O)[C@@H]1O. The third-order valence-corrected chi connectivity index (χ3v) is 3.98. The highest BCUT2D eigenvalue weighted by Crippen LogP contribution is 2.28. The van der Waals surface area contributed by atoms with E-state index < -0.39 is 74.6 Å². The topological polar surface area (TPSA) is 190 Å². The molecule has 0 aromatic rings. The molecule has 0 aliphatic carbocycles. The van der Waals surface area contributed by atoms with Crippen LogP contribution in [0.4, 0.5) is 0 Å². The van der Waals surface area contributed by atoms with Crippen LogP contribution < -0.4 is 0 Å². The molecule has 2 aliphatic heterocycles. The highest BCUT2D eigenvalue weighted by molar-refractivity contribution is 4.93. The zero-order chi connectivity index (χ0) is 17.3. The summed E-state index contributed by atoms with van der Waals surface area (Å²) in [5.41, 5.74) is 0. The maximum absolute atomic E-state index is 10.00. The monoisotopic (exact) mass is 342 g/mol. The lowest BCUT2D eigenvalue weighted by Gasteiger charge is -2.45. The summed E-state index contributed by atoms with van der Waals surface area (Å²) in [6.45, 7) is -1.34. The standard InChI is InChI=1S/C12H22O11/c13-1-3-5(15)7(17)8(18)12(22-3)23-10-6(16)4(2-14)21-11(20)9(10)19/h3-20H,1-2H2/t3?,4?,5-,6-,7?,8-,9-,10?,11+,12-/m1/s1. The van der Waals surface area contributed by atoms with Crippen molar-refractivity contribution in [1.29, 1.82) is 0 Å². The first kappa shape index (κ1) is 18.9. The Hall–Kier alpha value is -0.440. The molecule has 0 saturated carbocycles. The molecular weight excluding hydrogens is 320 g/mol. The predicted molar refractivity (Wildman–Crippen MR) is 68.6 cm³/mol. The van der Waals surface area contributed by atoms with Gasteiger partial charge in [0.15, 0.2) is 12.6 Å². The number of hydrogen-bond donors (Lipinski definition) is 8. The van der Waals surface area contributed by atoms with Crippen LogP contribution >= 0.6 is 0 Å². The zero-order valence-electron chi connectivity index (χ0n) is 12.0. The van der Waals surface area contributed by atoms with Crippen LogP contribution in [0.1, 0.15) is 0 Å². The fourth-order valence-electron chi connectivity index (χ4n) is 2.56. The van der Waals surface area contributed by atoms with E-state index in [-0.39, 0.29) is 0 Å². The molecule has 0 spiro atoms. The lowest BCUT2D eigenvalue weighted by molar-refractivity contribution is -0.355. The van der Waals surface area contributed by atoms with E-state index in [0.717, 1.165) is 0 Å². The lowest BCUT2D eigenvalue weighted by atomic mass is 9.97. The third kappa shape index (κ3) is 3.65. The van der Waals surface area contributed by atoms with Gasteiger partial charge < -0.3 is 55.1 Å². The molecule has 2 heterocycles. The van der Waals surface area contributed by atoms with Gasteiger partial charge in [-0.2, -0.15) is 0 Å². The Morgan fingerprint density at radius 1 is 0.652 bits per heavy atom. The summed E-state index contributed by atoms with van der Waals surface area (Å²) >= 11 is 0. The molecule has 0 aromatic carbocycles. The van der Waals surface area contributed by atoms with Crippen molar-refractivity contribution in [2.45, 2.75) is 61.4 Å². The molecule has 2 saturated heterocycles. The summed E-state index contributed by atoms with van der Waals surface area (Å²) in [6, 6.07) is 0. The maximum Gasteiger partial charge on any atom is 0.187 e. The van der Waals surface area contributed by atoms with Gasteiger partial charge in [-0.1, -0.05) is 0 Å². The van der Waals surface area contributed by atoms with Crippen molar-refractivity contribution in [2.75, 3.05) is 13.2 Å². The molecule has 0 aromatic heterocycles. The number of aliphatic hydroxyl groups excluding tert-OH is 8. The first-order chi connectivity index (χ1) is 10.8. The van der Waals surface area contributed by atoms with Gasteiger partial charge in [-0.3, -0.25) is 0 Å². The van der Waals surface area contributed by atoms with Gasteiger partial charge in [0.05, 0.1) is 13.2 Å². The van der Waals surface area contributed by atoms with E-state index in [1.54, 1.807) is 0 Å². The lowest BCUT2D eigenvalue weighted by Crippen LogP contribution is -2.64. The Morgan fingerprint density at radius 2 is 1.22 bits per heavy atom. The molecule has 11 nitrogen and oxygen atoms in total. The highest BCUT2D eigenvalue weighted by atomic mass is 16.7. The van der Waals surface area contributed by atoms with Crippen LogP contribution in [-0.2, 0) is 14.2 Å². The molecule has 10 atom stereocenters. The van der Waals surface area contributed by atoms with Gasteiger partial charge in [0.2, 0.25) is 0 Å². The summed E-state index contributed by atoms with van der Waals surface area (Å²) < 4.78 is 15.1. The predicted octanol–water partition coefficient (Wildman–Crippen LogP) is -5.40. The van der Waals surface area contributed by atoms with Gasteiger partial charge in [-0.15, -0.1) is 0 Å². The second kappa shape index (κ2) is 7.63. The smallest absolute Gasteiger partial charge is 0.187 e. The van der Waals surface area contributed by atoms with Gasteiger partial charge in [-0.05, 0) is 0 Å². The molecule has 0 bridgehead atoms. The van der Waals surface area contributed by atoms with E-state index in [2.05, 4.69) is 0 Å². The van der Waals surface area contributed by atoms with E-state index in [9.17, 15) is 30.6 Å². The minimum Gasteiger partial charge on any atom is -0.394 e. The van der Waals surface area contributed by atoms with Gasteiger partial charge in [0.25, 0.3) is 0 Å². The van der Waals surface area contributed by atoms with Crippen molar-refractivity contribution in [2.24, 2.45) is 0 Å². The molecule has 0 radical (unpaired) electrons. The Kier molecular flexibility index (Phi) is 6.27. The van der Waals surface area contributed by atoms with Crippen LogP contribution in [0.2, 0.25) is 0 Å². The van der Waals surface area contributed by atoms with Gasteiger partial charge >= 0.3 is 0 Å². The van der Waals surface area contributed by atoms with Crippen LogP contribution in [0, 0.1) is 0 Å². The summed E-state index contributed by atoms with van der Waals surface area (Å²) in [6.07, 6.45) is -15.7. The summed E-state index contributed by atoms with van der Waals surface area (Å²) in [5, 5.41) is 76.8. The van der Waals surface area contributed by atoms with Crippen molar-refractivity contribution < 1.29 is 55.1 Å². The molecule has 4 unspecified atom stereocenters. The van der Waals surface area contributed by atoms with E-state index in [0.29, 0.717) is 0 Å². The van der Waals surface area contributed by atoms with Crippen molar-refractivity contribution in [1.82, 2.24) is 0 Å². The average Bonchev–Trinajstić information content (AvgIpc) is 2.54. The number of ether oxygens (including phenoxy) is 3. The number of aliphatic hydroxyl groups is 8. The second-order valence-corrected chi connectivity index (χ2v) is 5.53. The number of hydrogen-bond acceptors (Lipinski definition) is 11. The molecule has 0 amide bonds. The molecule has 2 aliphatic rings. The molecule has 11 heteroatoms. The molecule has 136 valence electrons. The third-order valence-electron chi connectivity index (χ3n) is 3.98. The van der Waals surface area contributed by atoms with E-state index >= 15 is 0 Å². The average molecular weight is 342 g/mol. The summed E-state index contributed by atoms with van der Waals surface area (Å²) in [7, 11) is 0. The van der Waals surface area contributed by atoms with E-state index in [1.165, 1.54) is 0 Å². The summed E-state index contributed by atoms with van der Waals surface area (Å²) in [4.78, 5) is 0. The van der Waals surface area contributed by atoms with Crippen molar-refractivity contribution in [3.05, 3.63) is 0 Å². The Bertz CT molecular complexity index is 380. The molecule has 2 fully saturated rings. The minimum absolute atomic E-state index is 0.667. The molecule has 8 N–H and O–H groups in total. The largest absolute Gasteiger partial charge is 0.394 e. The van der Waals surface area contributed by atoms with Crippen molar-refractivity contribution >= 4 is 0 Å². The van der Waals surface area contributed by atoms with Crippen LogP contribution in [-0.4, -0.2) is 115 Å². The van der Waals surface area contributed by atoms with Crippen molar-refractivity contribution in [3.63, 3.8) is 0 Å². The normalized spacial score (nSPS) is 51.7. The molecular formula is C12H22O11. The van der Waals surface area contributed by atoms with Crippen LogP contribution in [0.3, 0.4) is 0 Å². The fourth-order valence-corrected chi connectivity index (χ4v) is 2.56. The van der Waals surface area contributed by atoms with Gasteiger partial charge in [-0.25, -0.2) is 0 Å². The molecule has 23 heavy (non-hydrogen) atoms. The Morgan fingerprint density at radius 3 is 1.78 bits per heavy atom. The van der Waals surface area contributed by atoms with Gasteiger partial charge in [0.1, 0.15) is 48.8 Å². The van der Waals surface area contributed by atoms with Gasteiger partial charge in [0, 0.05) is 0 Å². The van der Waals surface area contributed by atoms with Crippen LogP contribution in [0.15, 0.2) is 0 Å². The number of rotatable bonds is 4. The highest BCUT2D eigenvalue weighted by Gasteiger charge is 2.50. The second-order valence-electron chi connectivity index (χ2n) is 5.53. The van der Waals surface area contributed by atoms with Crippen LogP contribution in [0.5, 0.6) is 0 Å². The Labute approximate surface area is 130 Å². The van der Waals surface area contributed by atoms with E-state index in [1.807, 2.05) is 0 Å². The quantitative estimate of drug-likeness (QED) is 0.243. The van der Waals surface area contributed by atoms with Crippen LogP contribution in [0.25, 0.3) is 0 Å². The first-order valence-corrected chi connectivity index (χ1v) is 7.08. The summed E-state index contributed by atoms with van der Waals surface area (Å²) in [5.74, 6) is 0. The minimum atomic E-state index is -1.76. The van der Waals surface area contributed by atoms with E-state index in [4.69, 9.17) is 24.4 Å². The Balaban J connectivity index is 2.11. The first-order valence-electron chi connectivity index (χ1n) is 7.08. The fraction of sp³-hybridized carbons (Fsp3) is 1.00. The maximum atomic E-state index is 10.00. The zero-order valence-corrected chi connectivity index (χ0v) is 12.0.